The zero-order valence-electron chi connectivity index (χ0n) is 16.0. The van der Waals surface area contributed by atoms with Gasteiger partial charge in [0.1, 0.15) is 6.79 Å². The second kappa shape index (κ2) is 28.7. The fourth-order valence-corrected chi connectivity index (χ4v) is 0.834. The summed E-state index contributed by atoms with van der Waals surface area (Å²) in [6, 6.07) is 0. The lowest BCUT2D eigenvalue weighted by atomic mass is 9.88. The van der Waals surface area contributed by atoms with Crippen molar-refractivity contribution in [3.05, 3.63) is 12.7 Å². The number of hydrogen-bond acceptors (Lipinski definition) is 9. The minimum Gasteiger partial charge on any atom is -0.478 e. The van der Waals surface area contributed by atoms with Crippen LogP contribution in [0.1, 0.15) is 13.3 Å². The number of aliphatic carboxylic acids is 1. The average molecular weight is 388 g/mol. The molecule has 0 amide bonds. The van der Waals surface area contributed by atoms with Crippen LogP contribution >= 0.6 is 0 Å². The molecule has 160 valence electrons. The number of rotatable bonds is 11. The van der Waals surface area contributed by atoms with Crippen LogP contribution in [0.15, 0.2) is 12.7 Å². The van der Waals surface area contributed by atoms with Gasteiger partial charge in [0.15, 0.2) is 0 Å². The van der Waals surface area contributed by atoms with Crippen LogP contribution in [0.25, 0.3) is 0 Å². The Morgan fingerprint density at radius 3 is 1.38 bits per heavy atom. The highest BCUT2D eigenvalue weighted by Crippen LogP contribution is 2.18. The van der Waals surface area contributed by atoms with Crippen LogP contribution in [0.3, 0.4) is 0 Å². The van der Waals surface area contributed by atoms with E-state index in [1.165, 1.54) is 0 Å². The lowest BCUT2D eigenvalue weighted by Crippen LogP contribution is -2.32. The maximum absolute atomic E-state index is 9.25. The maximum atomic E-state index is 9.25. The van der Waals surface area contributed by atoms with E-state index in [4.69, 9.17) is 30.6 Å². The first kappa shape index (κ1) is 32.6. The molecule has 0 bridgehead atoms. The molecule has 0 aromatic heterocycles. The summed E-state index contributed by atoms with van der Waals surface area (Å²) in [4.78, 5) is 9.25. The van der Waals surface area contributed by atoms with Gasteiger partial charge in [0.25, 0.3) is 0 Å². The number of hydrogen-bond donors (Lipinski definition) is 6. The van der Waals surface area contributed by atoms with Crippen molar-refractivity contribution in [2.75, 3.05) is 67.3 Å². The predicted octanol–water partition coefficient (Wildman–Crippen LogP) is -1.16. The fourth-order valence-electron chi connectivity index (χ4n) is 0.834. The van der Waals surface area contributed by atoms with E-state index in [0.29, 0.717) is 26.4 Å². The number of aliphatic hydroxyl groups excluding tert-OH is 5. The summed E-state index contributed by atoms with van der Waals surface area (Å²) in [6.45, 7) is 5.40. The van der Waals surface area contributed by atoms with Gasteiger partial charge in [-0.15, -0.1) is 0 Å². The minimum atomic E-state index is -0.981. The molecule has 0 rings (SSSR count). The van der Waals surface area contributed by atoms with Crippen molar-refractivity contribution in [2.45, 2.75) is 13.3 Å². The number of carbonyl (C=O) groups is 1. The van der Waals surface area contributed by atoms with Crippen LogP contribution < -0.4 is 0 Å². The van der Waals surface area contributed by atoms with Crippen molar-refractivity contribution in [1.82, 2.24) is 0 Å². The Balaban J connectivity index is -0.000000128. The molecule has 0 fully saturated rings. The molecule has 0 saturated carbocycles. The van der Waals surface area contributed by atoms with Crippen molar-refractivity contribution in [3.8, 4) is 0 Å². The standard InChI is InChI=1S/C6H14O3.C4H10O3.C3H8O2.C3H4O2/c1-2-6(3-7,4-8)5-9;5-1-3-7-4-2-6;1-4-3-5-2;1-2-3(4)5/h7-9H,2-5H2,1H3;5-6H,1-4H2;3H2,1-2H3;2H,1H2,(H,4,5). The highest BCUT2D eigenvalue weighted by atomic mass is 16.6. The molecule has 0 saturated heterocycles. The van der Waals surface area contributed by atoms with E-state index in [9.17, 15) is 4.79 Å². The first-order valence-corrected chi connectivity index (χ1v) is 7.80. The van der Waals surface area contributed by atoms with E-state index in [1.54, 1.807) is 14.2 Å². The predicted molar refractivity (Wildman–Crippen MR) is 95.7 cm³/mol. The molecule has 0 aromatic carbocycles. The van der Waals surface area contributed by atoms with Gasteiger partial charge in [-0.25, -0.2) is 4.79 Å². The molecule has 0 aliphatic carbocycles. The quantitative estimate of drug-likeness (QED) is 0.144. The Hall–Kier alpha value is -1.11. The molecular weight excluding hydrogens is 352 g/mol. The Morgan fingerprint density at radius 1 is 0.962 bits per heavy atom. The lowest BCUT2D eigenvalue weighted by molar-refractivity contribution is -0.131. The van der Waals surface area contributed by atoms with E-state index in [-0.39, 0.29) is 33.0 Å². The summed E-state index contributed by atoms with van der Waals surface area (Å²) in [5.74, 6) is -0.981. The van der Waals surface area contributed by atoms with Gasteiger partial charge in [0.05, 0.1) is 46.2 Å². The van der Waals surface area contributed by atoms with Gasteiger partial charge in [0, 0.05) is 25.7 Å². The van der Waals surface area contributed by atoms with E-state index in [1.807, 2.05) is 6.92 Å². The summed E-state index contributed by atoms with van der Waals surface area (Å²) in [5, 5.41) is 49.7. The second-order valence-corrected chi connectivity index (χ2v) is 4.63. The molecule has 0 aliphatic heterocycles. The molecule has 0 atom stereocenters. The van der Waals surface area contributed by atoms with E-state index >= 15 is 0 Å². The highest BCUT2D eigenvalue weighted by Gasteiger charge is 2.24. The number of carboxylic acids is 1. The average Bonchev–Trinajstić information content (AvgIpc) is 2.67. The third kappa shape index (κ3) is 30.7. The van der Waals surface area contributed by atoms with Crippen molar-refractivity contribution < 1.29 is 49.6 Å². The molecule has 10 heteroatoms. The van der Waals surface area contributed by atoms with Gasteiger partial charge in [0.2, 0.25) is 0 Å². The SMILES string of the molecule is C=CC(=O)O.CCC(CO)(CO)CO.COCOC.OCCOCCO. The second-order valence-electron chi connectivity index (χ2n) is 4.63. The Labute approximate surface area is 155 Å². The summed E-state index contributed by atoms with van der Waals surface area (Å²) >= 11 is 0. The van der Waals surface area contributed by atoms with Crippen molar-refractivity contribution in [1.29, 1.82) is 0 Å². The largest absolute Gasteiger partial charge is 0.478 e. The third-order valence-corrected chi connectivity index (χ3v) is 2.64. The van der Waals surface area contributed by atoms with Gasteiger partial charge >= 0.3 is 5.97 Å². The molecular formula is C16H36O10. The summed E-state index contributed by atoms with van der Waals surface area (Å²) in [7, 11) is 3.17. The first-order valence-electron chi connectivity index (χ1n) is 7.80. The summed E-state index contributed by atoms with van der Waals surface area (Å²) in [5.41, 5.74) is -0.667. The lowest BCUT2D eigenvalue weighted by Gasteiger charge is -2.24. The maximum Gasteiger partial charge on any atom is 0.327 e. The normalized spacial score (nSPS) is 9.54. The summed E-state index contributed by atoms with van der Waals surface area (Å²) in [6.07, 6.45) is 1.43. The topological polar surface area (TPSA) is 166 Å². The van der Waals surface area contributed by atoms with Gasteiger partial charge in [-0.3, -0.25) is 0 Å². The van der Waals surface area contributed by atoms with E-state index in [0.717, 1.165) is 6.08 Å². The molecule has 0 unspecified atom stereocenters. The molecule has 26 heavy (non-hydrogen) atoms. The van der Waals surface area contributed by atoms with Crippen molar-refractivity contribution >= 4 is 5.97 Å². The summed E-state index contributed by atoms with van der Waals surface area (Å²) < 4.78 is 13.6. The van der Waals surface area contributed by atoms with Crippen LogP contribution in [0.5, 0.6) is 0 Å². The molecule has 0 aromatic rings. The molecule has 10 nitrogen and oxygen atoms in total. The zero-order chi connectivity index (χ0) is 21.3. The smallest absolute Gasteiger partial charge is 0.327 e. The molecule has 0 aliphatic rings. The first-order chi connectivity index (χ1) is 12.3. The van der Waals surface area contributed by atoms with Crippen LogP contribution in [0, 0.1) is 5.41 Å². The number of ether oxygens (including phenoxy) is 3. The Bertz CT molecular complexity index is 246. The van der Waals surface area contributed by atoms with Gasteiger partial charge in [-0.05, 0) is 6.42 Å². The van der Waals surface area contributed by atoms with Gasteiger partial charge in [-0.2, -0.15) is 0 Å². The number of carboxylic acid groups (broad SMARTS) is 1. The monoisotopic (exact) mass is 388 g/mol. The van der Waals surface area contributed by atoms with Crippen LogP contribution in [-0.4, -0.2) is 104 Å². The van der Waals surface area contributed by atoms with E-state index in [2.05, 4.69) is 20.8 Å². The Kier molecular flexibility index (Phi) is 35.9. The fraction of sp³-hybridized carbons (Fsp3) is 0.812. The highest BCUT2D eigenvalue weighted by molar-refractivity contribution is 5.78. The molecule has 6 N–H and O–H groups in total. The van der Waals surface area contributed by atoms with Crippen LogP contribution in [-0.2, 0) is 19.0 Å². The molecule has 0 heterocycles. The van der Waals surface area contributed by atoms with Crippen molar-refractivity contribution in [3.63, 3.8) is 0 Å². The minimum absolute atomic E-state index is 0.0278. The molecule has 0 radical (unpaired) electrons. The van der Waals surface area contributed by atoms with Crippen LogP contribution in [0.4, 0.5) is 0 Å². The van der Waals surface area contributed by atoms with Gasteiger partial charge in [-0.1, -0.05) is 13.5 Å². The van der Waals surface area contributed by atoms with E-state index < -0.39 is 11.4 Å². The third-order valence-electron chi connectivity index (χ3n) is 2.64. The number of methoxy groups -OCH3 is 2. The Morgan fingerprint density at radius 2 is 1.31 bits per heavy atom. The van der Waals surface area contributed by atoms with Crippen LogP contribution in [0.2, 0.25) is 0 Å². The zero-order valence-corrected chi connectivity index (χ0v) is 16.0. The van der Waals surface area contributed by atoms with Crippen molar-refractivity contribution in [2.24, 2.45) is 5.41 Å². The molecule has 0 spiro atoms. The number of aliphatic hydroxyl groups is 5. The van der Waals surface area contributed by atoms with Gasteiger partial charge < -0.3 is 44.8 Å².